The number of aliphatic hydroxyl groups is 1. The lowest BCUT2D eigenvalue weighted by Crippen LogP contribution is -2.47. The second kappa shape index (κ2) is 3.36. The van der Waals surface area contributed by atoms with Gasteiger partial charge in [-0.25, -0.2) is 0 Å². The number of rotatable bonds is 2. The molecule has 0 radical (unpaired) electrons. The highest BCUT2D eigenvalue weighted by atomic mass is 32.1. The number of thiophene rings is 1. The van der Waals surface area contributed by atoms with Crippen molar-refractivity contribution in [3.8, 4) is 0 Å². The summed E-state index contributed by atoms with van der Waals surface area (Å²) >= 11 is 0.694. The molecule has 1 aromatic rings. The van der Waals surface area contributed by atoms with Gasteiger partial charge >= 0.3 is 6.18 Å². The van der Waals surface area contributed by atoms with Gasteiger partial charge in [0.05, 0.1) is 4.88 Å². The molecule has 0 spiro atoms. The lowest BCUT2D eigenvalue weighted by molar-refractivity contribution is -0.253. The highest BCUT2D eigenvalue weighted by molar-refractivity contribution is 7.10. The molecule has 1 unspecified atom stereocenters. The fraction of sp³-hybridized carbons (Fsp3) is 0.375. The molecule has 0 aliphatic heterocycles. The SMILES string of the molecule is CC(=O)C(O)(c1cccs1)C(F)(F)F. The number of alkyl halides is 3. The first kappa shape index (κ1) is 11.2. The van der Waals surface area contributed by atoms with E-state index >= 15 is 0 Å². The standard InChI is InChI=1S/C8H7F3O2S/c1-5(12)7(13,8(9,10)11)6-3-2-4-14-6/h2-4,13H,1H3. The number of halogens is 3. The van der Waals surface area contributed by atoms with Crippen LogP contribution in [0.25, 0.3) is 0 Å². The van der Waals surface area contributed by atoms with Gasteiger partial charge in [0, 0.05) is 0 Å². The maximum absolute atomic E-state index is 12.5. The monoisotopic (exact) mass is 224 g/mol. The summed E-state index contributed by atoms with van der Waals surface area (Å²) in [4.78, 5) is 10.4. The Hall–Kier alpha value is -0.880. The first-order chi connectivity index (χ1) is 6.30. The van der Waals surface area contributed by atoms with Crippen molar-refractivity contribution in [1.82, 2.24) is 0 Å². The minimum atomic E-state index is -4.98. The summed E-state index contributed by atoms with van der Waals surface area (Å²) in [5.74, 6) is -1.33. The summed E-state index contributed by atoms with van der Waals surface area (Å²) in [5, 5.41) is 10.7. The van der Waals surface area contributed by atoms with Gasteiger partial charge in [-0.3, -0.25) is 4.79 Å². The van der Waals surface area contributed by atoms with Crippen molar-refractivity contribution < 1.29 is 23.1 Å². The van der Waals surface area contributed by atoms with E-state index < -0.39 is 22.4 Å². The topological polar surface area (TPSA) is 37.3 Å². The molecular weight excluding hydrogens is 217 g/mol. The summed E-state index contributed by atoms with van der Waals surface area (Å²) in [5.41, 5.74) is -3.36. The van der Waals surface area contributed by atoms with Crippen LogP contribution in [0.1, 0.15) is 11.8 Å². The second-order valence-electron chi connectivity index (χ2n) is 2.74. The van der Waals surface area contributed by atoms with Crippen molar-refractivity contribution in [3.63, 3.8) is 0 Å². The van der Waals surface area contributed by atoms with Gasteiger partial charge in [0.15, 0.2) is 5.78 Å². The molecule has 0 saturated heterocycles. The Morgan fingerprint density at radius 1 is 1.50 bits per heavy atom. The zero-order valence-electron chi connectivity index (χ0n) is 7.13. The molecule has 1 N–H and O–H groups in total. The predicted molar refractivity (Wildman–Crippen MR) is 45.0 cm³/mol. The second-order valence-corrected chi connectivity index (χ2v) is 3.69. The van der Waals surface area contributed by atoms with Gasteiger partial charge in [0.2, 0.25) is 0 Å². The molecule has 1 rings (SSSR count). The van der Waals surface area contributed by atoms with Crippen LogP contribution in [0, 0.1) is 0 Å². The van der Waals surface area contributed by atoms with Crippen LogP contribution in [-0.2, 0) is 10.4 Å². The quantitative estimate of drug-likeness (QED) is 0.835. The number of carbonyl (C=O) groups is 1. The molecule has 0 saturated carbocycles. The first-order valence-corrected chi connectivity index (χ1v) is 4.52. The maximum Gasteiger partial charge on any atom is 0.429 e. The third-order valence-corrected chi connectivity index (χ3v) is 2.78. The van der Waals surface area contributed by atoms with Gasteiger partial charge in [-0.2, -0.15) is 13.2 Å². The summed E-state index contributed by atoms with van der Waals surface area (Å²) in [6.45, 7) is 0.715. The Bertz CT molecular complexity index is 331. The van der Waals surface area contributed by atoms with E-state index in [9.17, 15) is 23.1 Å². The van der Waals surface area contributed by atoms with Gasteiger partial charge in [-0.05, 0) is 18.4 Å². The van der Waals surface area contributed by atoms with Crippen molar-refractivity contribution in [3.05, 3.63) is 22.4 Å². The average Bonchev–Trinajstić information content (AvgIpc) is 2.52. The summed E-state index contributed by atoms with van der Waals surface area (Å²) < 4.78 is 37.4. The molecule has 0 aliphatic rings. The third kappa shape index (κ3) is 1.55. The fourth-order valence-corrected chi connectivity index (χ4v) is 1.89. The van der Waals surface area contributed by atoms with Crippen LogP contribution in [0.3, 0.4) is 0 Å². The molecule has 1 atom stereocenters. The van der Waals surface area contributed by atoms with Gasteiger partial charge < -0.3 is 5.11 Å². The van der Waals surface area contributed by atoms with Crippen molar-refractivity contribution in [1.29, 1.82) is 0 Å². The van der Waals surface area contributed by atoms with E-state index in [1.807, 2.05) is 0 Å². The molecule has 1 aromatic heterocycles. The van der Waals surface area contributed by atoms with E-state index in [-0.39, 0.29) is 0 Å². The van der Waals surface area contributed by atoms with Crippen LogP contribution in [-0.4, -0.2) is 17.1 Å². The Balaban J connectivity index is 3.27. The Morgan fingerprint density at radius 3 is 2.36 bits per heavy atom. The van der Waals surface area contributed by atoms with Crippen LogP contribution in [0.5, 0.6) is 0 Å². The molecular formula is C8H7F3O2S. The lowest BCUT2D eigenvalue weighted by atomic mass is 9.97. The van der Waals surface area contributed by atoms with Crippen LogP contribution in [0.4, 0.5) is 13.2 Å². The third-order valence-electron chi connectivity index (χ3n) is 1.80. The molecule has 0 fully saturated rings. The number of hydrogen-bond donors (Lipinski definition) is 1. The molecule has 2 nitrogen and oxygen atoms in total. The number of ketones is 1. The molecule has 6 heteroatoms. The lowest BCUT2D eigenvalue weighted by Gasteiger charge is -2.26. The van der Waals surface area contributed by atoms with Crippen molar-refractivity contribution in [2.24, 2.45) is 0 Å². The van der Waals surface area contributed by atoms with Gasteiger partial charge in [0.1, 0.15) is 0 Å². The van der Waals surface area contributed by atoms with Crippen LogP contribution < -0.4 is 0 Å². The molecule has 0 amide bonds. The highest BCUT2D eigenvalue weighted by Crippen LogP contribution is 2.41. The Morgan fingerprint density at radius 2 is 2.07 bits per heavy atom. The van der Waals surface area contributed by atoms with E-state index in [2.05, 4.69) is 0 Å². The molecule has 78 valence electrons. The van der Waals surface area contributed by atoms with E-state index in [0.29, 0.717) is 18.3 Å². The maximum atomic E-state index is 12.5. The smallest absolute Gasteiger partial charge is 0.369 e. The summed E-state index contributed by atoms with van der Waals surface area (Å²) in [7, 11) is 0. The number of carbonyl (C=O) groups excluding carboxylic acids is 1. The predicted octanol–water partition coefficient (Wildman–Crippen LogP) is 2.09. The van der Waals surface area contributed by atoms with Crippen LogP contribution in [0.2, 0.25) is 0 Å². The fourth-order valence-electron chi connectivity index (χ4n) is 0.997. The minimum absolute atomic E-state index is 0.405. The Labute approximate surface area is 82.0 Å². The summed E-state index contributed by atoms with van der Waals surface area (Å²) in [6.07, 6.45) is -4.98. The van der Waals surface area contributed by atoms with Crippen molar-refractivity contribution in [2.75, 3.05) is 0 Å². The Kier molecular flexibility index (Phi) is 2.69. The van der Waals surface area contributed by atoms with E-state index in [1.165, 1.54) is 11.4 Å². The van der Waals surface area contributed by atoms with Crippen LogP contribution >= 0.6 is 11.3 Å². The van der Waals surface area contributed by atoms with Gasteiger partial charge in [-0.15, -0.1) is 11.3 Å². The summed E-state index contributed by atoms with van der Waals surface area (Å²) in [6, 6.07) is 2.43. The molecule has 1 heterocycles. The van der Waals surface area contributed by atoms with Crippen molar-refractivity contribution in [2.45, 2.75) is 18.7 Å². The van der Waals surface area contributed by atoms with E-state index in [4.69, 9.17) is 0 Å². The minimum Gasteiger partial charge on any atom is -0.369 e. The van der Waals surface area contributed by atoms with Crippen LogP contribution in [0.15, 0.2) is 17.5 Å². The highest BCUT2D eigenvalue weighted by Gasteiger charge is 2.59. The molecule has 14 heavy (non-hydrogen) atoms. The molecule has 0 aliphatic carbocycles. The number of Topliss-reactive ketones (excluding diaryl/α,β-unsaturated/α-hetero) is 1. The van der Waals surface area contributed by atoms with Gasteiger partial charge in [0.25, 0.3) is 5.60 Å². The van der Waals surface area contributed by atoms with E-state index in [0.717, 1.165) is 6.07 Å². The zero-order valence-corrected chi connectivity index (χ0v) is 7.95. The zero-order chi connectivity index (χ0) is 11.0. The average molecular weight is 224 g/mol. The van der Waals surface area contributed by atoms with Crippen molar-refractivity contribution >= 4 is 17.1 Å². The normalized spacial score (nSPS) is 16.4. The molecule has 0 bridgehead atoms. The number of hydrogen-bond acceptors (Lipinski definition) is 3. The van der Waals surface area contributed by atoms with Gasteiger partial charge in [-0.1, -0.05) is 6.07 Å². The molecule has 0 aromatic carbocycles. The first-order valence-electron chi connectivity index (χ1n) is 3.64. The van der Waals surface area contributed by atoms with E-state index in [1.54, 1.807) is 0 Å². The largest absolute Gasteiger partial charge is 0.429 e.